The Morgan fingerprint density at radius 2 is 1.79 bits per heavy atom. The number of carbonyl (C=O) groups is 2. The molecule has 2 N–H and O–H groups in total. The topological polar surface area (TPSA) is 117 Å². The van der Waals surface area contributed by atoms with Gasteiger partial charge in [0.05, 0.1) is 5.56 Å². The molecule has 0 bridgehead atoms. The maximum atomic E-state index is 13.4. The summed E-state index contributed by atoms with van der Waals surface area (Å²) < 4.78 is 14.5. The molecule has 0 aliphatic carbocycles. The number of aromatic carboxylic acids is 2. The van der Waals surface area contributed by atoms with Gasteiger partial charge in [0, 0.05) is 6.20 Å². The summed E-state index contributed by atoms with van der Waals surface area (Å²) in [6.07, 6.45) is 1.02. The van der Waals surface area contributed by atoms with Crippen LogP contribution in [0.2, 0.25) is 0 Å². The van der Waals surface area contributed by atoms with Crippen molar-refractivity contribution in [2.75, 3.05) is 0 Å². The van der Waals surface area contributed by atoms with Crippen LogP contribution in [-0.2, 0) is 0 Å². The predicted molar refractivity (Wildman–Crippen MR) is 79.7 cm³/mol. The number of hydrogen-bond acceptors (Lipinski definition) is 5. The molecule has 0 saturated carbocycles. The fraction of sp³-hybridized carbons (Fsp3) is 0. The van der Waals surface area contributed by atoms with Crippen LogP contribution >= 0.6 is 0 Å². The largest absolute Gasteiger partial charge is 0.478 e. The molecular formula is C15H9FN4O4. The molecule has 120 valence electrons. The number of imidazole rings is 1. The van der Waals surface area contributed by atoms with Crippen molar-refractivity contribution in [1.82, 2.24) is 9.38 Å². The molecule has 24 heavy (non-hydrogen) atoms. The summed E-state index contributed by atoms with van der Waals surface area (Å²) in [5.41, 5.74) is -0.308. The van der Waals surface area contributed by atoms with Crippen LogP contribution in [0.3, 0.4) is 0 Å². The fourth-order valence-electron chi connectivity index (χ4n) is 2.09. The van der Waals surface area contributed by atoms with E-state index in [4.69, 9.17) is 5.11 Å². The van der Waals surface area contributed by atoms with E-state index in [0.29, 0.717) is 0 Å². The van der Waals surface area contributed by atoms with E-state index in [-0.39, 0.29) is 22.7 Å². The van der Waals surface area contributed by atoms with Gasteiger partial charge in [-0.2, -0.15) is 0 Å². The zero-order chi connectivity index (χ0) is 17.3. The molecule has 0 amide bonds. The maximum Gasteiger partial charge on any atom is 0.358 e. The van der Waals surface area contributed by atoms with Crippen molar-refractivity contribution in [3.8, 4) is 0 Å². The lowest BCUT2D eigenvalue weighted by atomic mass is 10.2. The Bertz CT molecular complexity index is 996. The quantitative estimate of drug-likeness (QED) is 0.713. The van der Waals surface area contributed by atoms with Crippen molar-refractivity contribution < 1.29 is 24.2 Å². The number of hydrogen-bond donors (Lipinski definition) is 2. The lowest BCUT2D eigenvalue weighted by Crippen LogP contribution is -1.97. The molecule has 9 heteroatoms. The van der Waals surface area contributed by atoms with Crippen molar-refractivity contribution in [2.45, 2.75) is 0 Å². The van der Waals surface area contributed by atoms with Crippen LogP contribution in [-0.4, -0.2) is 31.5 Å². The lowest BCUT2D eigenvalue weighted by molar-refractivity contribution is 0.0683. The number of carboxylic acid groups (broad SMARTS) is 2. The Balaban J connectivity index is 2.16. The SMILES string of the molecule is O=C(O)c1ccccc1N=Nc1c(C(=O)O)nc2ccc(F)cn12. The molecular weight excluding hydrogens is 319 g/mol. The molecule has 0 atom stereocenters. The third-order valence-corrected chi connectivity index (χ3v) is 3.15. The van der Waals surface area contributed by atoms with E-state index in [2.05, 4.69) is 15.2 Å². The summed E-state index contributed by atoms with van der Waals surface area (Å²) >= 11 is 0. The van der Waals surface area contributed by atoms with Crippen LogP contribution in [0.15, 0.2) is 52.8 Å². The number of azo groups is 1. The molecule has 0 spiro atoms. The normalized spacial score (nSPS) is 11.2. The van der Waals surface area contributed by atoms with Crippen LogP contribution in [0.1, 0.15) is 20.8 Å². The summed E-state index contributed by atoms with van der Waals surface area (Å²) in [6, 6.07) is 8.27. The second kappa shape index (κ2) is 5.88. The number of nitrogens with zero attached hydrogens (tertiary/aromatic N) is 4. The second-order valence-electron chi connectivity index (χ2n) is 4.69. The number of carboxylic acids is 2. The highest BCUT2D eigenvalue weighted by molar-refractivity contribution is 5.93. The van der Waals surface area contributed by atoms with E-state index in [1.165, 1.54) is 24.3 Å². The van der Waals surface area contributed by atoms with E-state index >= 15 is 0 Å². The van der Waals surface area contributed by atoms with E-state index in [9.17, 15) is 19.1 Å². The number of fused-ring (bicyclic) bond motifs is 1. The van der Waals surface area contributed by atoms with Gasteiger partial charge in [0.1, 0.15) is 17.2 Å². The molecule has 0 aliphatic rings. The van der Waals surface area contributed by atoms with E-state index in [1.807, 2.05) is 0 Å². The Morgan fingerprint density at radius 3 is 2.50 bits per heavy atom. The third kappa shape index (κ3) is 2.70. The van der Waals surface area contributed by atoms with Gasteiger partial charge in [-0.25, -0.2) is 19.0 Å². The van der Waals surface area contributed by atoms with Crippen LogP contribution in [0.4, 0.5) is 15.9 Å². The molecule has 3 aromatic rings. The Kier molecular flexibility index (Phi) is 3.74. The molecule has 0 radical (unpaired) electrons. The Morgan fingerprint density at radius 1 is 1.04 bits per heavy atom. The van der Waals surface area contributed by atoms with Crippen LogP contribution < -0.4 is 0 Å². The van der Waals surface area contributed by atoms with Crippen molar-refractivity contribution in [2.24, 2.45) is 10.2 Å². The average Bonchev–Trinajstić information content (AvgIpc) is 2.91. The Hall–Kier alpha value is -3.62. The van der Waals surface area contributed by atoms with Crippen LogP contribution in [0.5, 0.6) is 0 Å². The van der Waals surface area contributed by atoms with Gasteiger partial charge in [-0.15, -0.1) is 10.2 Å². The molecule has 8 nitrogen and oxygen atoms in total. The molecule has 1 aromatic carbocycles. The number of benzene rings is 1. The Labute approximate surface area is 133 Å². The summed E-state index contributed by atoms with van der Waals surface area (Å²) in [5, 5.41) is 25.9. The highest BCUT2D eigenvalue weighted by Gasteiger charge is 2.19. The highest BCUT2D eigenvalue weighted by atomic mass is 19.1. The highest BCUT2D eigenvalue weighted by Crippen LogP contribution is 2.26. The van der Waals surface area contributed by atoms with Gasteiger partial charge in [-0.05, 0) is 24.3 Å². The van der Waals surface area contributed by atoms with Crippen LogP contribution in [0.25, 0.3) is 5.65 Å². The zero-order valence-corrected chi connectivity index (χ0v) is 11.9. The third-order valence-electron chi connectivity index (χ3n) is 3.15. The molecule has 0 fully saturated rings. The first-order valence-corrected chi connectivity index (χ1v) is 6.62. The summed E-state index contributed by atoms with van der Waals surface area (Å²) in [7, 11) is 0. The molecule has 2 aromatic heterocycles. The van der Waals surface area contributed by atoms with Gasteiger partial charge in [0.25, 0.3) is 0 Å². The molecule has 0 unspecified atom stereocenters. The average molecular weight is 328 g/mol. The minimum absolute atomic E-state index is 0.0349. The van der Waals surface area contributed by atoms with E-state index < -0.39 is 23.4 Å². The molecule has 0 saturated heterocycles. The molecule has 2 heterocycles. The first kappa shape index (κ1) is 15.3. The first-order chi connectivity index (χ1) is 11.5. The van der Waals surface area contributed by atoms with Crippen molar-refractivity contribution >= 4 is 29.1 Å². The first-order valence-electron chi connectivity index (χ1n) is 6.62. The van der Waals surface area contributed by atoms with Crippen molar-refractivity contribution in [3.63, 3.8) is 0 Å². The summed E-state index contributed by atoms with van der Waals surface area (Å²) in [6.45, 7) is 0. The summed E-state index contributed by atoms with van der Waals surface area (Å²) in [5.74, 6) is -3.39. The van der Waals surface area contributed by atoms with Gasteiger partial charge < -0.3 is 10.2 Å². The smallest absolute Gasteiger partial charge is 0.358 e. The van der Waals surface area contributed by atoms with Gasteiger partial charge in [-0.3, -0.25) is 4.40 Å². The number of pyridine rings is 1. The zero-order valence-electron chi connectivity index (χ0n) is 11.9. The van der Waals surface area contributed by atoms with E-state index in [1.54, 1.807) is 6.07 Å². The molecule has 3 rings (SSSR count). The van der Waals surface area contributed by atoms with Crippen molar-refractivity contribution in [3.05, 3.63) is 59.7 Å². The number of rotatable bonds is 4. The van der Waals surface area contributed by atoms with Gasteiger partial charge in [-0.1, -0.05) is 12.1 Å². The predicted octanol–water partition coefficient (Wildman–Crippen LogP) is 3.29. The minimum atomic E-state index is -1.36. The van der Waals surface area contributed by atoms with Crippen molar-refractivity contribution in [1.29, 1.82) is 0 Å². The number of halogens is 1. The van der Waals surface area contributed by atoms with Crippen LogP contribution in [0, 0.1) is 5.82 Å². The molecule has 0 aliphatic heterocycles. The van der Waals surface area contributed by atoms with E-state index in [0.717, 1.165) is 16.7 Å². The van der Waals surface area contributed by atoms with Gasteiger partial charge in [0.2, 0.25) is 0 Å². The standard InChI is InChI=1S/C15H9FN4O4/c16-8-5-6-11-17-12(15(23)24)13(20(11)7-8)19-18-10-4-2-1-3-9(10)14(21)22/h1-7H,(H,21,22)(H,23,24). The lowest BCUT2D eigenvalue weighted by Gasteiger charge is -1.99. The maximum absolute atomic E-state index is 13.4. The fourth-order valence-corrected chi connectivity index (χ4v) is 2.09. The monoisotopic (exact) mass is 328 g/mol. The summed E-state index contributed by atoms with van der Waals surface area (Å²) in [4.78, 5) is 26.3. The number of aromatic nitrogens is 2. The van der Waals surface area contributed by atoms with Gasteiger partial charge >= 0.3 is 11.9 Å². The minimum Gasteiger partial charge on any atom is -0.478 e. The second-order valence-corrected chi connectivity index (χ2v) is 4.69. The van der Waals surface area contributed by atoms with Gasteiger partial charge in [0.15, 0.2) is 11.5 Å².